The van der Waals surface area contributed by atoms with Gasteiger partial charge in [-0.15, -0.1) is 0 Å². The quantitative estimate of drug-likeness (QED) is 0.811. The summed E-state index contributed by atoms with van der Waals surface area (Å²) < 4.78 is 37.1. The van der Waals surface area contributed by atoms with E-state index in [1.807, 2.05) is 0 Å². The van der Waals surface area contributed by atoms with Crippen molar-refractivity contribution in [2.45, 2.75) is 6.18 Å². The molecule has 8 heteroatoms. The Morgan fingerprint density at radius 1 is 1.40 bits per heavy atom. The van der Waals surface area contributed by atoms with Crippen LogP contribution in [0.1, 0.15) is 5.69 Å². The van der Waals surface area contributed by atoms with Crippen LogP contribution in [-0.4, -0.2) is 24.1 Å². The minimum Gasteiger partial charge on any atom is -0.348 e. The zero-order chi connectivity index (χ0) is 11.8. The third-order valence-electron chi connectivity index (χ3n) is 1.54. The fraction of sp³-hybridized carbons (Fsp3) is 0.429. The average molecular weight is 242 g/mol. The van der Waals surface area contributed by atoms with Crippen LogP contribution in [0.4, 0.5) is 19.1 Å². The molecule has 15 heavy (non-hydrogen) atoms. The predicted molar refractivity (Wildman–Crippen MR) is 49.2 cm³/mol. The molecule has 1 aromatic rings. The highest BCUT2D eigenvalue weighted by Crippen LogP contribution is 2.31. The summed E-state index contributed by atoms with van der Waals surface area (Å²) in [5, 5.41) is -0.951. The molecule has 0 bridgehead atoms. The van der Waals surface area contributed by atoms with Gasteiger partial charge in [0.05, 0.1) is 0 Å². The molecule has 0 atom stereocenters. The molecule has 0 spiro atoms. The molecule has 0 aliphatic rings. The SMILES string of the molecule is CN(C)c1nc(C(F)(F)F)c(Cl)c(=O)[nH]1. The molecule has 0 aliphatic heterocycles. The number of anilines is 1. The van der Waals surface area contributed by atoms with Crippen molar-refractivity contribution in [2.24, 2.45) is 0 Å². The molecule has 0 amide bonds. The molecule has 0 aromatic carbocycles. The number of halogens is 4. The molecule has 0 aliphatic carbocycles. The Morgan fingerprint density at radius 3 is 2.33 bits per heavy atom. The summed E-state index contributed by atoms with van der Waals surface area (Å²) in [6, 6.07) is 0. The first kappa shape index (κ1) is 11.8. The van der Waals surface area contributed by atoms with Gasteiger partial charge in [0.15, 0.2) is 5.69 Å². The van der Waals surface area contributed by atoms with Crippen molar-refractivity contribution in [3.05, 3.63) is 21.1 Å². The van der Waals surface area contributed by atoms with E-state index in [1.54, 1.807) is 0 Å². The van der Waals surface area contributed by atoms with Crippen molar-refractivity contribution in [1.29, 1.82) is 0 Å². The maximum Gasteiger partial charge on any atom is 0.435 e. The van der Waals surface area contributed by atoms with Crippen LogP contribution in [0.3, 0.4) is 0 Å². The first-order valence-corrected chi connectivity index (χ1v) is 4.15. The van der Waals surface area contributed by atoms with E-state index in [-0.39, 0.29) is 5.95 Å². The van der Waals surface area contributed by atoms with Crippen molar-refractivity contribution >= 4 is 17.5 Å². The van der Waals surface area contributed by atoms with Gasteiger partial charge in [-0.3, -0.25) is 9.78 Å². The molecule has 1 aromatic heterocycles. The van der Waals surface area contributed by atoms with Crippen LogP contribution in [0.5, 0.6) is 0 Å². The number of rotatable bonds is 1. The van der Waals surface area contributed by atoms with Crippen LogP contribution in [0.15, 0.2) is 4.79 Å². The summed E-state index contributed by atoms with van der Waals surface area (Å²) in [4.78, 5) is 17.6. The van der Waals surface area contributed by atoms with Gasteiger partial charge in [0.1, 0.15) is 5.02 Å². The second-order valence-corrected chi connectivity index (χ2v) is 3.32. The predicted octanol–water partition coefficient (Wildman–Crippen LogP) is 1.51. The number of nitrogens with one attached hydrogen (secondary N) is 1. The van der Waals surface area contributed by atoms with Crippen molar-refractivity contribution in [2.75, 3.05) is 19.0 Å². The van der Waals surface area contributed by atoms with Crippen LogP contribution in [0, 0.1) is 0 Å². The highest BCUT2D eigenvalue weighted by molar-refractivity contribution is 6.31. The van der Waals surface area contributed by atoms with E-state index in [9.17, 15) is 18.0 Å². The summed E-state index contributed by atoms with van der Waals surface area (Å²) in [6.07, 6.45) is -4.74. The lowest BCUT2D eigenvalue weighted by atomic mass is 10.4. The maximum atomic E-state index is 12.4. The van der Waals surface area contributed by atoms with Gasteiger partial charge in [-0.05, 0) is 0 Å². The van der Waals surface area contributed by atoms with Crippen molar-refractivity contribution in [1.82, 2.24) is 9.97 Å². The number of aromatic amines is 1. The second-order valence-electron chi connectivity index (χ2n) is 2.94. The minimum atomic E-state index is -4.74. The van der Waals surface area contributed by atoms with Crippen LogP contribution in [0.25, 0.3) is 0 Å². The summed E-state index contributed by atoms with van der Waals surface area (Å²) in [5.41, 5.74) is -2.39. The minimum absolute atomic E-state index is 0.197. The molecule has 4 nitrogen and oxygen atoms in total. The van der Waals surface area contributed by atoms with Crippen molar-refractivity contribution in [3.63, 3.8) is 0 Å². The first-order valence-electron chi connectivity index (χ1n) is 3.78. The van der Waals surface area contributed by atoms with E-state index < -0.39 is 22.5 Å². The molecule has 0 saturated heterocycles. The van der Waals surface area contributed by atoms with Gasteiger partial charge in [-0.1, -0.05) is 11.6 Å². The first-order chi connectivity index (χ1) is 6.73. The van der Waals surface area contributed by atoms with Crippen LogP contribution < -0.4 is 10.5 Å². The maximum absolute atomic E-state index is 12.4. The third-order valence-corrected chi connectivity index (χ3v) is 1.89. The Labute approximate surface area is 87.7 Å². The normalized spacial score (nSPS) is 11.6. The van der Waals surface area contributed by atoms with Crippen molar-refractivity contribution in [3.8, 4) is 0 Å². The lowest BCUT2D eigenvalue weighted by Gasteiger charge is -2.13. The zero-order valence-corrected chi connectivity index (χ0v) is 8.57. The van der Waals surface area contributed by atoms with Crippen LogP contribution >= 0.6 is 11.6 Å². The topological polar surface area (TPSA) is 49.0 Å². The molecule has 0 saturated carbocycles. The standard InChI is InChI=1S/C7H7ClF3N3O/c1-14(2)6-12-4(7(9,10)11)3(8)5(15)13-6/h1-2H3,(H,12,13,15). The van der Waals surface area contributed by atoms with E-state index in [0.717, 1.165) is 0 Å². The molecule has 1 rings (SSSR count). The fourth-order valence-electron chi connectivity index (χ4n) is 0.847. The molecular weight excluding hydrogens is 235 g/mol. The van der Waals surface area contributed by atoms with E-state index in [4.69, 9.17) is 11.6 Å². The Balaban J connectivity index is 3.46. The summed E-state index contributed by atoms with van der Waals surface area (Å²) >= 11 is 5.21. The van der Waals surface area contributed by atoms with E-state index in [1.165, 1.54) is 19.0 Å². The van der Waals surface area contributed by atoms with Gasteiger partial charge in [0.25, 0.3) is 5.56 Å². The van der Waals surface area contributed by atoms with Gasteiger partial charge >= 0.3 is 6.18 Å². The number of hydrogen-bond acceptors (Lipinski definition) is 3. The van der Waals surface area contributed by atoms with Crippen LogP contribution in [0.2, 0.25) is 5.02 Å². The monoisotopic (exact) mass is 241 g/mol. The average Bonchev–Trinajstić information content (AvgIpc) is 2.06. The van der Waals surface area contributed by atoms with Gasteiger partial charge in [-0.25, -0.2) is 4.98 Å². The largest absolute Gasteiger partial charge is 0.435 e. The van der Waals surface area contributed by atoms with Gasteiger partial charge in [-0.2, -0.15) is 13.2 Å². The molecule has 84 valence electrons. The van der Waals surface area contributed by atoms with Gasteiger partial charge in [0.2, 0.25) is 5.95 Å². The molecule has 0 fully saturated rings. The number of hydrogen-bond donors (Lipinski definition) is 1. The Kier molecular flexibility index (Phi) is 2.94. The van der Waals surface area contributed by atoms with Gasteiger partial charge < -0.3 is 4.90 Å². The molecule has 0 unspecified atom stereocenters. The highest BCUT2D eigenvalue weighted by Gasteiger charge is 2.37. The Morgan fingerprint density at radius 2 is 1.93 bits per heavy atom. The Bertz CT molecular complexity index is 426. The fourth-order valence-corrected chi connectivity index (χ4v) is 1.04. The summed E-state index contributed by atoms with van der Waals surface area (Å²) in [7, 11) is 2.90. The van der Waals surface area contributed by atoms with E-state index in [0.29, 0.717) is 0 Å². The molecule has 1 N–H and O–H groups in total. The van der Waals surface area contributed by atoms with Crippen molar-refractivity contribution < 1.29 is 13.2 Å². The summed E-state index contributed by atoms with van der Waals surface area (Å²) in [5.74, 6) is -0.197. The molecule has 1 heterocycles. The molecule has 0 radical (unpaired) electrons. The smallest absolute Gasteiger partial charge is 0.348 e. The zero-order valence-electron chi connectivity index (χ0n) is 7.81. The second kappa shape index (κ2) is 3.73. The third kappa shape index (κ3) is 2.41. The van der Waals surface area contributed by atoms with E-state index in [2.05, 4.69) is 9.97 Å². The lowest BCUT2D eigenvalue weighted by Crippen LogP contribution is -2.24. The number of H-pyrrole nitrogens is 1. The number of nitrogens with zero attached hydrogens (tertiary/aromatic N) is 2. The lowest BCUT2D eigenvalue weighted by molar-refractivity contribution is -0.141. The van der Waals surface area contributed by atoms with Crippen LogP contribution in [-0.2, 0) is 6.18 Å². The molecular formula is C7H7ClF3N3O. The van der Waals surface area contributed by atoms with E-state index >= 15 is 0 Å². The number of aromatic nitrogens is 2. The highest BCUT2D eigenvalue weighted by atomic mass is 35.5. The number of alkyl halides is 3. The van der Waals surface area contributed by atoms with Gasteiger partial charge in [0, 0.05) is 14.1 Å². The summed E-state index contributed by atoms with van der Waals surface area (Å²) in [6.45, 7) is 0. The Hall–Kier alpha value is -1.24.